The summed E-state index contributed by atoms with van der Waals surface area (Å²) >= 11 is 3.70. The zero-order valence-corrected chi connectivity index (χ0v) is 13.1. The zero-order chi connectivity index (χ0) is 13.4. The lowest BCUT2D eigenvalue weighted by molar-refractivity contribution is 0.242. The van der Waals surface area contributed by atoms with Crippen LogP contribution in [0.25, 0.3) is 0 Å². The number of pyridine rings is 1. The summed E-state index contributed by atoms with van der Waals surface area (Å²) < 4.78 is 1.08. The highest BCUT2D eigenvalue weighted by molar-refractivity contribution is 9.10. The van der Waals surface area contributed by atoms with E-state index >= 15 is 0 Å². The minimum absolute atomic E-state index is 0.689. The van der Waals surface area contributed by atoms with Gasteiger partial charge in [-0.15, -0.1) is 0 Å². The Labute approximate surface area is 123 Å². The summed E-state index contributed by atoms with van der Waals surface area (Å²) in [5.41, 5.74) is 7.82. The number of aromatic nitrogens is 1. The second-order valence-electron chi connectivity index (χ2n) is 5.92. The third-order valence-electron chi connectivity index (χ3n) is 4.80. The van der Waals surface area contributed by atoms with Crippen molar-refractivity contribution in [3.8, 4) is 0 Å². The van der Waals surface area contributed by atoms with Crippen molar-refractivity contribution in [3.05, 3.63) is 16.2 Å². The van der Waals surface area contributed by atoms with E-state index in [1.165, 1.54) is 38.5 Å². The summed E-state index contributed by atoms with van der Waals surface area (Å²) in [6, 6.07) is 0.689. The van der Waals surface area contributed by atoms with E-state index in [1.807, 2.05) is 6.20 Å². The van der Waals surface area contributed by atoms with Gasteiger partial charge in [0, 0.05) is 12.6 Å². The van der Waals surface area contributed by atoms with Crippen LogP contribution < -0.4 is 10.6 Å². The Bertz CT molecular complexity index is 473. The first-order valence-corrected chi connectivity index (χ1v) is 8.15. The number of nitrogens with zero attached hydrogens (tertiary/aromatic N) is 2. The van der Waals surface area contributed by atoms with E-state index in [0.29, 0.717) is 6.04 Å². The summed E-state index contributed by atoms with van der Waals surface area (Å²) in [4.78, 5) is 7.14. The predicted molar refractivity (Wildman–Crippen MR) is 83.4 cm³/mol. The average molecular weight is 324 g/mol. The molecule has 2 fully saturated rings. The van der Waals surface area contributed by atoms with Crippen LogP contribution in [0.3, 0.4) is 0 Å². The van der Waals surface area contributed by atoms with Gasteiger partial charge in [0.25, 0.3) is 0 Å². The molecule has 1 aromatic heterocycles. The van der Waals surface area contributed by atoms with Crippen molar-refractivity contribution in [3.63, 3.8) is 0 Å². The molecular weight excluding hydrogens is 302 g/mol. The molecule has 3 rings (SSSR count). The highest BCUT2D eigenvalue weighted by Crippen LogP contribution is 2.40. The van der Waals surface area contributed by atoms with Crippen LogP contribution >= 0.6 is 15.9 Å². The van der Waals surface area contributed by atoms with Gasteiger partial charge in [-0.2, -0.15) is 0 Å². The number of nitrogens with two attached hydrogens (primary N) is 1. The highest BCUT2D eigenvalue weighted by atomic mass is 79.9. The Morgan fingerprint density at radius 3 is 2.84 bits per heavy atom. The van der Waals surface area contributed by atoms with E-state index in [1.54, 1.807) is 0 Å². The molecule has 104 valence electrons. The van der Waals surface area contributed by atoms with Crippen molar-refractivity contribution in [1.29, 1.82) is 0 Å². The molecule has 0 bridgehead atoms. The molecule has 0 aromatic carbocycles. The summed E-state index contributed by atoms with van der Waals surface area (Å²) in [6.07, 6.45) is 9.98. The Morgan fingerprint density at radius 1 is 1.26 bits per heavy atom. The minimum Gasteiger partial charge on any atom is -0.397 e. The molecule has 0 radical (unpaired) electrons. The summed E-state index contributed by atoms with van der Waals surface area (Å²) in [6.45, 7) is 3.20. The molecule has 2 unspecified atom stereocenters. The summed E-state index contributed by atoms with van der Waals surface area (Å²) in [5, 5.41) is 0. The van der Waals surface area contributed by atoms with Crippen LogP contribution in [0.4, 0.5) is 11.5 Å². The molecule has 0 amide bonds. The topological polar surface area (TPSA) is 42.1 Å². The number of fused-ring (bicyclic) bond motifs is 1. The van der Waals surface area contributed by atoms with Gasteiger partial charge in [-0.3, -0.25) is 0 Å². The van der Waals surface area contributed by atoms with Gasteiger partial charge in [-0.1, -0.05) is 12.8 Å². The van der Waals surface area contributed by atoms with Crippen molar-refractivity contribution in [2.24, 2.45) is 5.92 Å². The predicted octanol–water partition coefficient (Wildman–Crippen LogP) is 3.89. The molecule has 2 aliphatic rings. The molecule has 3 nitrogen and oxygen atoms in total. The maximum atomic E-state index is 5.94. The molecule has 1 saturated carbocycles. The number of nitrogen functional groups attached to an aromatic ring is 1. The van der Waals surface area contributed by atoms with Crippen molar-refractivity contribution in [2.45, 2.75) is 51.5 Å². The van der Waals surface area contributed by atoms with Gasteiger partial charge in [0.15, 0.2) is 0 Å². The van der Waals surface area contributed by atoms with E-state index in [9.17, 15) is 0 Å². The Morgan fingerprint density at radius 2 is 2.00 bits per heavy atom. The first kappa shape index (κ1) is 13.2. The van der Waals surface area contributed by atoms with E-state index in [0.717, 1.165) is 34.0 Å². The third kappa shape index (κ3) is 2.35. The maximum absolute atomic E-state index is 5.94. The molecule has 4 heteroatoms. The van der Waals surface area contributed by atoms with Gasteiger partial charge in [0.2, 0.25) is 0 Å². The zero-order valence-electron chi connectivity index (χ0n) is 11.5. The van der Waals surface area contributed by atoms with Crippen molar-refractivity contribution >= 4 is 27.4 Å². The first-order valence-electron chi connectivity index (χ1n) is 7.35. The quantitative estimate of drug-likeness (QED) is 0.852. The van der Waals surface area contributed by atoms with Crippen LogP contribution in [0.15, 0.2) is 10.7 Å². The Balaban J connectivity index is 1.94. The van der Waals surface area contributed by atoms with Gasteiger partial charge >= 0.3 is 0 Å². The van der Waals surface area contributed by atoms with E-state index in [2.05, 4.69) is 32.7 Å². The summed E-state index contributed by atoms with van der Waals surface area (Å²) in [5.74, 6) is 1.97. The molecule has 19 heavy (non-hydrogen) atoms. The summed E-state index contributed by atoms with van der Waals surface area (Å²) in [7, 11) is 0. The van der Waals surface area contributed by atoms with E-state index < -0.39 is 0 Å². The number of rotatable bonds is 1. The second-order valence-corrected chi connectivity index (χ2v) is 6.72. The Hall–Kier alpha value is -0.770. The van der Waals surface area contributed by atoms with E-state index in [4.69, 9.17) is 5.73 Å². The molecule has 2 atom stereocenters. The fraction of sp³-hybridized carbons (Fsp3) is 0.667. The largest absolute Gasteiger partial charge is 0.397 e. The van der Waals surface area contributed by atoms with Crippen LogP contribution in [-0.4, -0.2) is 17.6 Å². The van der Waals surface area contributed by atoms with Crippen LogP contribution in [0.2, 0.25) is 0 Å². The fourth-order valence-corrected chi connectivity index (χ4v) is 4.23. The lowest BCUT2D eigenvalue weighted by atomic mass is 9.78. The highest BCUT2D eigenvalue weighted by Gasteiger charge is 2.34. The van der Waals surface area contributed by atoms with Crippen LogP contribution in [-0.2, 0) is 0 Å². The molecular formula is C15H22BrN3. The first-order chi connectivity index (χ1) is 9.18. The van der Waals surface area contributed by atoms with Crippen molar-refractivity contribution in [1.82, 2.24) is 4.98 Å². The smallest absolute Gasteiger partial charge is 0.143 e. The van der Waals surface area contributed by atoms with Gasteiger partial charge in [0.1, 0.15) is 5.82 Å². The van der Waals surface area contributed by atoms with Gasteiger partial charge < -0.3 is 10.6 Å². The number of halogens is 1. The molecule has 1 aliphatic carbocycles. The van der Waals surface area contributed by atoms with Crippen molar-refractivity contribution in [2.75, 3.05) is 17.2 Å². The maximum Gasteiger partial charge on any atom is 0.143 e. The number of hydrogen-bond acceptors (Lipinski definition) is 3. The van der Waals surface area contributed by atoms with Gasteiger partial charge in [0.05, 0.1) is 16.4 Å². The molecule has 0 spiro atoms. The lowest BCUT2D eigenvalue weighted by Crippen LogP contribution is -2.47. The minimum atomic E-state index is 0.689. The van der Waals surface area contributed by atoms with Crippen LogP contribution in [0.1, 0.15) is 44.1 Å². The molecule has 1 aliphatic heterocycles. The molecule has 1 saturated heterocycles. The monoisotopic (exact) mass is 323 g/mol. The van der Waals surface area contributed by atoms with Crippen molar-refractivity contribution < 1.29 is 0 Å². The average Bonchev–Trinajstić information content (AvgIpc) is 2.45. The van der Waals surface area contributed by atoms with E-state index in [-0.39, 0.29) is 0 Å². The van der Waals surface area contributed by atoms with Gasteiger partial charge in [-0.05, 0) is 60.0 Å². The SMILES string of the molecule is Cc1c(N)cnc(N2CCCC3CCCCC32)c1Br. The number of hydrogen-bond donors (Lipinski definition) is 1. The molecule has 2 N–H and O–H groups in total. The number of piperidine rings is 1. The second kappa shape index (κ2) is 5.31. The number of anilines is 2. The Kier molecular flexibility index (Phi) is 3.70. The fourth-order valence-electron chi connectivity index (χ4n) is 3.67. The normalized spacial score (nSPS) is 27.2. The van der Waals surface area contributed by atoms with Crippen LogP contribution in [0, 0.1) is 12.8 Å². The third-order valence-corrected chi connectivity index (χ3v) is 5.75. The van der Waals surface area contributed by atoms with Crippen LogP contribution in [0.5, 0.6) is 0 Å². The standard InChI is InChI=1S/C15H22BrN3/c1-10-12(17)9-18-15(14(10)16)19-8-4-6-11-5-2-3-7-13(11)19/h9,11,13H,2-8,17H2,1H3. The molecule has 2 heterocycles. The van der Waals surface area contributed by atoms with Gasteiger partial charge in [-0.25, -0.2) is 4.98 Å². The lowest BCUT2D eigenvalue weighted by Gasteiger charge is -2.45. The molecule has 1 aromatic rings.